The zero-order valence-corrected chi connectivity index (χ0v) is 11.4. The van der Waals surface area contributed by atoms with Crippen molar-refractivity contribution in [2.45, 2.75) is 57.8 Å². The van der Waals surface area contributed by atoms with Gasteiger partial charge < -0.3 is 10.6 Å². The van der Waals surface area contributed by atoms with Crippen LogP contribution >= 0.6 is 0 Å². The fourth-order valence-corrected chi connectivity index (χ4v) is 2.60. The fourth-order valence-electron chi connectivity index (χ4n) is 2.60. The molecule has 2 rings (SSSR count). The van der Waals surface area contributed by atoms with Crippen LogP contribution in [0.2, 0.25) is 0 Å². The predicted octanol–water partition coefficient (Wildman–Crippen LogP) is 3.02. The summed E-state index contributed by atoms with van der Waals surface area (Å²) in [6.07, 6.45) is 12.7. The lowest BCUT2D eigenvalue weighted by molar-refractivity contribution is 0.246. The summed E-state index contributed by atoms with van der Waals surface area (Å²) >= 11 is 0. The molecule has 0 aromatic carbocycles. The first kappa shape index (κ1) is 13.4. The Bertz CT molecular complexity index is 183. The molecule has 2 aliphatic rings. The van der Waals surface area contributed by atoms with Crippen LogP contribution in [-0.4, -0.2) is 31.1 Å². The third-order valence-electron chi connectivity index (χ3n) is 4.11. The van der Waals surface area contributed by atoms with Gasteiger partial charge in [0.05, 0.1) is 0 Å². The fraction of sp³-hybridized carbons (Fsp3) is 1.00. The van der Waals surface area contributed by atoms with Crippen LogP contribution in [0.1, 0.15) is 57.8 Å². The van der Waals surface area contributed by atoms with Gasteiger partial charge in [-0.25, -0.2) is 0 Å². The normalized spacial score (nSPS) is 20.1. The summed E-state index contributed by atoms with van der Waals surface area (Å²) in [5, 5.41) is 0. The van der Waals surface area contributed by atoms with Crippen molar-refractivity contribution in [2.24, 2.45) is 17.6 Å². The first-order valence-electron chi connectivity index (χ1n) is 7.81. The van der Waals surface area contributed by atoms with Gasteiger partial charge in [-0.05, 0) is 63.5 Å². The number of nitrogens with zero attached hydrogens (tertiary/aromatic N) is 1. The summed E-state index contributed by atoms with van der Waals surface area (Å²) < 4.78 is 0. The average molecular weight is 238 g/mol. The van der Waals surface area contributed by atoms with Crippen LogP contribution in [0, 0.1) is 11.8 Å². The second-order valence-corrected chi connectivity index (χ2v) is 6.20. The quantitative estimate of drug-likeness (QED) is 0.561. The molecular weight excluding hydrogens is 208 g/mol. The van der Waals surface area contributed by atoms with Gasteiger partial charge in [0, 0.05) is 13.1 Å². The molecule has 0 amide bonds. The first-order chi connectivity index (χ1) is 8.38. The molecule has 0 spiro atoms. The van der Waals surface area contributed by atoms with Crippen LogP contribution in [0.25, 0.3) is 0 Å². The molecule has 0 atom stereocenters. The lowest BCUT2D eigenvalue weighted by atomic mass is 10.1. The number of rotatable bonds is 11. The molecule has 2 fully saturated rings. The Morgan fingerprint density at radius 1 is 0.765 bits per heavy atom. The van der Waals surface area contributed by atoms with Crippen molar-refractivity contribution < 1.29 is 0 Å². The van der Waals surface area contributed by atoms with Crippen LogP contribution < -0.4 is 5.73 Å². The van der Waals surface area contributed by atoms with Gasteiger partial charge in [0.1, 0.15) is 0 Å². The van der Waals surface area contributed by atoms with Crippen molar-refractivity contribution in [3.8, 4) is 0 Å². The van der Waals surface area contributed by atoms with Crippen LogP contribution in [-0.2, 0) is 0 Å². The molecule has 2 aliphatic carbocycles. The maximum atomic E-state index is 5.51. The zero-order chi connectivity index (χ0) is 11.9. The summed E-state index contributed by atoms with van der Waals surface area (Å²) in [4.78, 5) is 2.76. The molecule has 0 aromatic rings. The van der Waals surface area contributed by atoms with Crippen molar-refractivity contribution in [3.63, 3.8) is 0 Å². The first-order valence-corrected chi connectivity index (χ1v) is 7.81. The Labute approximate surface area is 107 Å². The van der Waals surface area contributed by atoms with Gasteiger partial charge in [-0.2, -0.15) is 0 Å². The van der Waals surface area contributed by atoms with E-state index in [0.29, 0.717) is 0 Å². The molecular formula is C15H30N2. The molecule has 2 nitrogen and oxygen atoms in total. The average Bonchev–Trinajstić information content (AvgIpc) is 3.18. The van der Waals surface area contributed by atoms with Crippen LogP contribution in [0.5, 0.6) is 0 Å². The SMILES string of the molecule is NCCCCCCCN(CC1CC1)CC1CC1. The lowest BCUT2D eigenvalue weighted by Gasteiger charge is -2.22. The Morgan fingerprint density at radius 2 is 1.29 bits per heavy atom. The Kier molecular flexibility index (Phi) is 5.79. The molecule has 0 aromatic heterocycles. The topological polar surface area (TPSA) is 29.3 Å². The van der Waals surface area contributed by atoms with E-state index in [9.17, 15) is 0 Å². The van der Waals surface area contributed by atoms with Crippen molar-refractivity contribution in [1.82, 2.24) is 4.90 Å². The molecule has 0 aliphatic heterocycles. The molecule has 17 heavy (non-hydrogen) atoms. The minimum Gasteiger partial charge on any atom is -0.330 e. The summed E-state index contributed by atoms with van der Waals surface area (Å²) in [5.74, 6) is 2.12. The van der Waals surface area contributed by atoms with Gasteiger partial charge in [-0.1, -0.05) is 19.3 Å². The third-order valence-corrected chi connectivity index (χ3v) is 4.11. The number of unbranched alkanes of at least 4 members (excludes halogenated alkanes) is 4. The maximum Gasteiger partial charge on any atom is 0.000978 e. The summed E-state index contributed by atoms with van der Waals surface area (Å²) in [6, 6.07) is 0. The number of nitrogens with two attached hydrogens (primary N) is 1. The minimum atomic E-state index is 0.871. The molecule has 0 heterocycles. The van der Waals surface area contributed by atoms with Gasteiger partial charge in [0.15, 0.2) is 0 Å². The highest BCUT2D eigenvalue weighted by atomic mass is 15.1. The van der Waals surface area contributed by atoms with E-state index in [4.69, 9.17) is 5.73 Å². The monoisotopic (exact) mass is 238 g/mol. The van der Waals surface area contributed by atoms with Gasteiger partial charge >= 0.3 is 0 Å². The highest BCUT2D eigenvalue weighted by Crippen LogP contribution is 2.33. The minimum absolute atomic E-state index is 0.871. The number of hydrogen-bond donors (Lipinski definition) is 1. The molecule has 2 heteroatoms. The van der Waals surface area contributed by atoms with Crippen LogP contribution in [0.15, 0.2) is 0 Å². The van der Waals surface area contributed by atoms with Crippen molar-refractivity contribution in [3.05, 3.63) is 0 Å². The van der Waals surface area contributed by atoms with E-state index in [1.807, 2.05) is 0 Å². The molecule has 100 valence electrons. The predicted molar refractivity (Wildman–Crippen MR) is 74.0 cm³/mol. The van der Waals surface area contributed by atoms with E-state index in [1.165, 1.54) is 77.4 Å². The Hall–Kier alpha value is -0.0800. The molecule has 0 unspecified atom stereocenters. The highest BCUT2D eigenvalue weighted by molar-refractivity contribution is 4.82. The molecule has 0 saturated heterocycles. The number of hydrogen-bond acceptors (Lipinski definition) is 2. The summed E-state index contributed by atoms with van der Waals surface area (Å²) in [6.45, 7) is 5.03. The van der Waals surface area contributed by atoms with Gasteiger partial charge in [-0.15, -0.1) is 0 Å². The van der Waals surface area contributed by atoms with Crippen molar-refractivity contribution in [2.75, 3.05) is 26.2 Å². The van der Waals surface area contributed by atoms with Crippen molar-refractivity contribution in [1.29, 1.82) is 0 Å². The van der Waals surface area contributed by atoms with Crippen molar-refractivity contribution >= 4 is 0 Å². The van der Waals surface area contributed by atoms with E-state index < -0.39 is 0 Å². The van der Waals surface area contributed by atoms with Gasteiger partial charge in [-0.3, -0.25) is 0 Å². The highest BCUT2D eigenvalue weighted by Gasteiger charge is 2.28. The van der Waals surface area contributed by atoms with Gasteiger partial charge in [0.25, 0.3) is 0 Å². The largest absolute Gasteiger partial charge is 0.330 e. The van der Waals surface area contributed by atoms with Crippen LogP contribution in [0.4, 0.5) is 0 Å². The lowest BCUT2D eigenvalue weighted by Crippen LogP contribution is -2.29. The van der Waals surface area contributed by atoms with Gasteiger partial charge in [0.2, 0.25) is 0 Å². The molecule has 0 bridgehead atoms. The van der Waals surface area contributed by atoms with Crippen LogP contribution in [0.3, 0.4) is 0 Å². The van der Waals surface area contributed by atoms with E-state index in [-0.39, 0.29) is 0 Å². The molecule has 0 radical (unpaired) electrons. The summed E-state index contributed by atoms with van der Waals surface area (Å²) in [5.41, 5.74) is 5.51. The second kappa shape index (κ2) is 7.38. The summed E-state index contributed by atoms with van der Waals surface area (Å²) in [7, 11) is 0. The Balaban J connectivity index is 1.49. The van der Waals surface area contributed by atoms with E-state index >= 15 is 0 Å². The Morgan fingerprint density at radius 3 is 1.82 bits per heavy atom. The second-order valence-electron chi connectivity index (χ2n) is 6.20. The van der Waals surface area contributed by atoms with E-state index in [2.05, 4.69) is 4.90 Å². The van der Waals surface area contributed by atoms with E-state index in [1.54, 1.807) is 0 Å². The standard InChI is InChI=1S/C15H30N2/c16-10-4-2-1-3-5-11-17(12-14-6-7-14)13-15-8-9-15/h14-15H,1-13,16H2. The van der Waals surface area contributed by atoms with E-state index in [0.717, 1.165) is 18.4 Å². The third kappa shape index (κ3) is 6.42. The molecule has 2 N–H and O–H groups in total. The maximum absolute atomic E-state index is 5.51. The smallest absolute Gasteiger partial charge is 0.000978 e. The molecule has 2 saturated carbocycles. The zero-order valence-electron chi connectivity index (χ0n) is 11.4.